The summed E-state index contributed by atoms with van der Waals surface area (Å²) in [5.41, 5.74) is 2.06. The largest absolute Gasteiger partial charge is 0.494 e. The standard InChI is InChI=1S/C16H18FN3O2/c1-10-18-13-9-20(7-6-12(13)16(21)19-10)8-11-4-3-5-14(22-2)15(11)17/h3-5H,6-9H2,1-2H3,(H,18,19,21). The highest BCUT2D eigenvalue weighted by atomic mass is 19.1. The van der Waals surface area contributed by atoms with Gasteiger partial charge in [-0.2, -0.15) is 0 Å². The third-order valence-electron chi connectivity index (χ3n) is 3.93. The normalized spacial score (nSPS) is 14.7. The van der Waals surface area contributed by atoms with Crippen LogP contribution in [0.4, 0.5) is 4.39 Å². The highest BCUT2D eigenvalue weighted by molar-refractivity contribution is 5.31. The average molecular weight is 303 g/mol. The maximum Gasteiger partial charge on any atom is 0.254 e. The predicted octanol–water partition coefficient (Wildman–Crippen LogP) is 1.78. The second-order valence-electron chi connectivity index (χ2n) is 5.47. The fourth-order valence-corrected chi connectivity index (χ4v) is 2.83. The van der Waals surface area contributed by atoms with Gasteiger partial charge in [-0.3, -0.25) is 9.69 Å². The zero-order valence-electron chi connectivity index (χ0n) is 12.6. The van der Waals surface area contributed by atoms with E-state index in [4.69, 9.17) is 4.74 Å². The zero-order chi connectivity index (χ0) is 15.7. The van der Waals surface area contributed by atoms with Gasteiger partial charge in [0, 0.05) is 30.8 Å². The molecule has 1 aliphatic heterocycles. The Hall–Kier alpha value is -2.21. The number of nitrogens with zero attached hydrogens (tertiary/aromatic N) is 2. The van der Waals surface area contributed by atoms with E-state index < -0.39 is 0 Å². The van der Waals surface area contributed by atoms with Crippen LogP contribution in [0.25, 0.3) is 0 Å². The molecule has 116 valence electrons. The molecule has 0 saturated carbocycles. The number of aromatic amines is 1. The molecule has 0 radical (unpaired) electrons. The minimum absolute atomic E-state index is 0.0605. The molecule has 0 spiro atoms. The number of aromatic nitrogens is 2. The lowest BCUT2D eigenvalue weighted by Gasteiger charge is -2.27. The van der Waals surface area contributed by atoms with Crippen LogP contribution in [-0.4, -0.2) is 28.5 Å². The number of fused-ring (bicyclic) bond motifs is 1. The first-order valence-corrected chi connectivity index (χ1v) is 7.21. The Bertz CT molecular complexity index is 758. The number of ether oxygens (including phenoxy) is 1. The molecule has 6 heteroatoms. The van der Waals surface area contributed by atoms with Gasteiger partial charge in [0.15, 0.2) is 11.6 Å². The van der Waals surface area contributed by atoms with E-state index in [0.717, 1.165) is 11.3 Å². The highest BCUT2D eigenvalue weighted by Gasteiger charge is 2.21. The van der Waals surface area contributed by atoms with Crippen molar-refractivity contribution in [1.29, 1.82) is 0 Å². The maximum absolute atomic E-state index is 14.2. The van der Waals surface area contributed by atoms with Crippen molar-refractivity contribution < 1.29 is 9.13 Å². The maximum atomic E-state index is 14.2. The molecule has 0 unspecified atom stereocenters. The summed E-state index contributed by atoms with van der Waals surface area (Å²) >= 11 is 0. The van der Waals surface area contributed by atoms with E-state index in [9.17, 15) is 9.18 Å². The fraction of sp³-hybridized carbons (Fsp3) is 0.375. The van der Waals surface area contributed by atoms with Gasteiger partial charge in [0.25, 0.3) is 5.56 Å². The van der Waals surface area contributed by atoms with E-state index >= 15 is 0 Å². The first kappa shape index (κ1) is 14.7. The summed E-state index contributed by atoms with van der Waals surface area (Å²) in [6, 6.07) is 5.14. The van der Waals surface area contributed by atoms with Crippen LogP contribution < -0.4 is 10.3 Å². The van der Waals surface area contributed by atoms with Crippen LogP contribution in [0.3, 0.4) is 0 Å². The zero-order valence-corrected chi connectivity index (χ0v) is 12.6. The summed E-state index contributed by atoms with van der Waals surface area (Å²) in [7, 11) is 1.46. The lowest BCUT2D eigenvalue weighted by molar-refractivity contribution is 0.236. The summed E-state index contributed by atoms with van der Waals surface area (Å²) in [4.78, 5) is 21.1. The van der Waals surface area contributed by atoms with Crippen molar-refractivity contribution in [2.75, 3.05) is 13.7 Å². The van der Waals surface area contributed by atoms with Crippen molar-refractivity contribution in [3.05, 3.63) is 57.0 Å². The molecule has 1 aliphatic rings. The molecule has 3 rings (SSSR count). The number of benzene rings is 1. The lowest BCUT2D eigenvalue weighted by atomic mass is 10.1. The Morgan fingerprint density at radius 1 is 1.45 bits per heavy atom. The number of H-pyrrole nitrogens is 1. The van der Waals surface area contributed by atoms with Crippen LogP contribution in [0, 0.1) is 12.7 Å². The third kappa shape index (κ3) is 2.74. The van der Waals surface area contributed by atoms with E-state index in [1.165, 1.54) is 7.11 Å². The van der Waals surface area contributed by atoms with Gasteiger partial charge in [-0.15, -0.1) is 0 Å². The summed E-state index contributed by atoms with van der Waals surface area (Å²) in [6.45, 7) is 3.49. The first-order chi connectivity index (χ1) is 10.6. The predicted molar refractivity (Wildman–Crippen MR) is 80.4 cm³/mol. The van der Waals surface area contributed by atoms with Crippen molar-refractivity contribution in [2.24, 2.45) is 0 Å². The van der Waals surface area contributed by atoms with Gasteiger partial charge >= 0.3 is 0 Å². The van der Waals surface area contributed by atoms with Crippen LogP contribution in [0.2, 0.25) is 0 Å². The molecule has 1 aromatic heterocycles. The molecule has 0 saturated heterocycles. The minimum Gasteiger partial charge on any atom is -0.494 e. The number of nitrogens with one attached hydrogen (secondary N) is 1. The number of aryl methyl sites for hydroxylation is 1. The molecular weight excluding hydrogens is 285 g/mol. The second-order valence-corrected chi connectivity index (χ2v) is 5.47. The Balaban J connectivity index is 1.83. The molecule has 1 aromatic carbocycles. The molecule has 2 heterocycles. The van der Waals surface area contributed by atoms with E-state index in [0.29, 0.717) is 37.4 Å². The van der Waals surface area contributed by atoms with E-state index in [1.54, 1.807) is 25.1 Å². The Morgan fingerprint density at radius 2 is 2.27 bits per heavy atom. The third-order valence-corrected chi connectivity index (χ3v) is 3.93. The molecule has 2 aromatic rings. The monoisotopic (exact) mass is 303 g/mol. The summed E-state index contributed by atoms with van der Waals surface area (Å²) in [6.07, 6.45) is 0.629. The molecule has 0 aliphatic carbocycles. The Morgan fingerprint density at radius 3 is 3.05 bits per heavy atom. The summed E-state index contributed by atoms with van der Waals surface area (Å²) in [5, 5.41) is 0. The molecule has 0 atom stereocenters. The summed E-state index contributed by atoms with van der Waals surface area (Å²) in [5.74, 6) is 0.532. The van der Waals surface area contributed by atoms with Gasteiger partial charge in [0.05, 0.1) is 12.8 Å². The molecule has 0 bridgehead atoms. The molecule has 0 amide bonds. The van der Waals surface area contributed by atoms with E-state index in [2.05, 4.69) is 14.9 Å². The first-order valence-electron chi connectivity index (χ1n) is 7.21. The van der Waals surface area contributed by atoms with Gasteiger partial charge in [-0.25, -0.2) is 9.37 Å². The van der Waals surface area contributed by atoms with Crippen LogP contribution in [-0.2, 0) is 19.5 Å². The van der Waals surface area contributed by atoms with E-state index in [1.807, 2.05) is 0 Å². The number of methoxy groups -OCH3 is 1. The smallest absolute Gasteiger partial charge is 0.254 e. The van der Waals surface area contributed by atoms with Crippen molar-refractivity contribution in [3.8, 4) is 5.75 Å². The van der Waals surface area contributed by atoms with Gasteiger partial charge < -0.3 is 9.72 Å². The van der Waals surface area contributed by atoms with Gasteiger partial charge in [-0.05, 0) is 19.4 Å². The van der Waals surface area contributed by atoms with Crippen molar-refractivity contribution in [1.82, 2.24) is 14.9 Å². The average Bonchev–Trinajstić information content (AvgIpc) is 2.49. The van der Waals surface area contributed by atoms with Crippen LogP contribution in [0.5, 0.6) is 5.75 Å². The molecule has 5 nitrogen and oxygen atoms in total. The minimum atomic E-state index is -0.328. The van der Waals surface area contributed by atoms with E-state index in [-0.39, 0.29) is 17.1 Å². The number of hydrogen-bond donors (Lipinski definition) is 1. The van der Waals surface area contributed by atoms with Crippen molar-refractivity contribution in [3.63, 3.8) is 0 Å². The topological polar surface area (TPSA) is 58.2 Å². The van der Waals surface area contributed by atoms with Crippen LogP contribution in [0.15, 0.2) is 23.0 Å². The molecule has 0 fully saturated rings. The molecule has 1 N–H and O–H groups in total. The van der Waals surface area contributed by atoms with Crippen molar-refractivity contribution in [2.45, 2.75) is 26.4 Å². The molecule has 22 heavy (non-hydrogen) atoms. The second kappa shape index (κ2) is 5.88. The lowest BCUT2D eigenvalue weighted by Crippen LogP contribution is -2.35. The van der Waals surface area contributed by atoms with Gasteiger partial charge in [0.1, 0.15) is 5.82 Å². The highest BCUT2D eigenvalue weighted by Crippen LogP contribution is 2.23. The Labute approximate surface area is 127 Å². The molecular formula is C16H18FN3O2. The van der Waals surface area contributed by atoms with Crippen LogP contribution in [0.1, 0.15) is 22.6 Å². The number of hydrogen-bond acceptors (Lipinski definition) is 4. The quantitative estimate of drug-likeness (QED) is 0.939. The number of halogens is 1. The van der Waals surface area contributed by atoms with Gasteiger partial charge in [-0.1, -0.05) is 12.1 Å². The fourth-order valence-electron chi connectivity index (χ4n) is 2.83. The SMILES string of the molecule is COc1cccc(CN2CCc3c(nc(C)[nH]c3=O)C2)c1F. The Kier molecular flexibility index (Phi) is 3.94. The van der Waals surface area contributed by atoms with Crippen molar-refractivity contribution >= 4 is 0 Å². The summed E-state index contributed by atoms with van der Waals surface area (Å²) < 4.78 is 19.2. The number of rotatable bonds is 3. The van der Waals surface area contributed by atoms with Gasteiger partial charge in [0.2, 0.25) is 0 Å². The van der Waals surface area contributed by atoms with Crippen LogP contribution >= 0.6 is 0 Å².